The van der Waals surface area contributed by atoms with Gasteiger partial charge in [-0.25, -0.2) is 0 Å². The van der Waals surface area contributed by atoms with Crippen LogP contribution in [0, 0.1) is 6.92 Å². The van der Waals surface area contributed by atoms with E-state index in [2.05, 4.69) is 17.3 Å². The van der Waals surface area contributed by atoms with E-state index in [0.717, 1.165) is 49.5 Å². The van der Waals surface area contributed by atoms with E-state index in [4.69, 9.17) is 0 Å². The quantitative estimate of drug-likeness (QED) is 0.901. The second-order valence-electron chi connectivity index (χ2n) is 5.17. The van der Waals surface area contributed by atoms with E-state index in [1.165, 1.54) is 0 Å². The van der Waals surface area contributed by atoms with Crippen LogP contribution in [0.4, 0.5) is 5.69 Å². The molecule has 0 atom stereocenters. The molecule has 1 amide bonds. The third kappa shape index (κ3) is 3.26. The number of carbonyl (C=O) groups is 1. The second-order valence-corrected chi connectivity index (χ2v) is 5.17. The molecule has 0 unspecified atom stereocenters. The monoisotopic (exact) mass is 261 g/mol. The van der Waals surface area contributed by atoms with E-state index >= 15 is 0 Å². The number of aryl methyl sites for hydroxylation is 1. The zero-order chi connectivity index (χ0) is 13.8. The number of likely N-dealkylation sites (N-methyl/N-ethyl adjacent to an activating group) is 1. The fourth-order valence-electron chi connectivity index (χ4n) is 2.36. The van der Waals surface area contributed by atoms with Crippen molar-refractivity contribution in [3.63, 3.8) is 0 Å². The summed E-state index contributed by atoms with van der Waals surface area (Å²) in [6, 6.07) is 6.03. The standard InChI is InChI=1S/C15H23N3O/c1-4-16-14-6-5-12(2)11-13(14)15(19)18-9-7-17(3)8-10-18/h5-6,11,16H,4,7-10H2,1-3H3. The molecule has 4 heteroatoms. The predicted octanol–water partition coefficient (Wildman–Crippen LogP) is 1.81. The first kappa shape index (κ1) is 13.9. The zero-order valence-corrected chi connectivity index (χ0v) is 12.1. The summed E-state index contributed by atoms with van der Waals surface area (Å²) in [5, 5.41) is 3.27. The Kier molecular flexibility index (Phi) is 4.43. The van der Waals surface area contributed by atoms with Gasteiger partial charge in [0.25, 0.3) is 5.91 Å². The molecule has 1 aliphatic rings. The second kappa shape index (κ2) is 6.06. The molecule has 1 aromatic carbocycles. The van der Waals surface area contributed by atoms with Crippen molar-refractivity contribution < 1.29 is 4.79 Å². The largest absolute Gasteiger partial charge is 0.385 e. The van der Waals surface area contributed by atoms with Gasteiger partial charge in [0.1, 0.15) is 0 Å². The maximum Gasteiger partial charge on any atom is 0.256 e. The lowest BCUT2D eigenvalue weighted by Crippen LogP contribution is -2.47. The molecule has 0 spiro atoms. The van der Waals surface area contributed by atoms with Crippen LogP contribution in [-0.4, -0.2) is 55.5 Å². The number of rotatable bonds is 3. The number of hydrogen-bond donors (Lipinski definition) is 1. The number of nitrogens with zero attached hydrogens (tertiary/aromatic N) is 2. The Morgan fingerprint density at radius 2 is 1.95 bits per heavy atom. The summed E-state index contributed by atoms with van der Waals surface area (Å²) in [4.78, 5) is 16.8. The highest BCUT2D eigenvalue weighted by Gasteiger charge is 2.22. The Hall–Kier alpha value is -1.55. The summed E-state index contributed by atoms with van der Waals surface area (Å²) in [6.45, 7) is 8.43. The van der Waals surface area contributed by atoms with E-state index in [0.29, 0.717) is 0 Å². The normalized spacial score (nSPS) is 16.5. The molecule has 2 rings (SSSR count). The van der Waals surface area contributed by atoms with E-state index in [1.807, 2.05) is 36.9 Å². The molecule has 0 aliphatic carbocycles. The molecule has 1 fully saturated rings. The molecule has 0 aromatic heterocycles. The smallest absolute Gasteiger partial charge is 0.256 e. The van der Waals surface area contributed by atoms with Gasteiger partial charge in [0, 0.05) is 38.4 Å². The van der Waals surface area contributed by atoms with Crippen molar-refractivity contribution in [1.29, 1.82) is 0 Å². The van der Waals surface area contributed by atoms with Crippen LogP contribution in [0.2, 0.25) is 0 Å². The summed E-state index contributed by atoms with van der Waals surface area (Å²) in [5.41, 5.74) is 2.86. The van der Waals surface area contributed by atoms with E-state index in [9.17, 15) is 4.79 Å². The van der Waals surface area contributed by atoms with Crippen LogP contribution in [0.1, 0.15) is 22.8 Å². The number of carbonyl (C=O) groups excluding carboxylic acids is 1. The molecular formula is C15H23N3O. The van der Waals surface area contributed by atoms with Gasteiger partial charge in [-0.2, -0.15) is 0 Å². The third-order valence-corrected chi connectivity index (χ3v) is 3.56. The first-order valence-corrected chi connectivity index (χ1v) is 6.94. The lowest BCUT2D eigenvalue weighted by atomic mass is 10.1. The van der Waals surface area contributed by atoms with Crippen LogP contribution in [0.15, 0.2) is 18.2 Å². The number of benzene rings is 1. The van der Waals surface area contributed by atoms with Crippen LogP contribution in [0.3, 0.4) is 0 Å². The van der Waals surface area contributed by atoms with Gasteiger partial charge >= 0.3 is 0 Å². The summed E-state index contributed by atoms with van der Waals surface area (Å²) in [7, 11) is 2.10. The summed E-state index contributed by atoms with van der Waals surface area (Å²) >= 11 is 0. The topological polar surface area (TPSA) is 35.6 Å². The Morgan fingerprint density at radius 3 is 2.58 bits per heavy atom. The van der Waals surface area contributed by atoms with Crippen molar-refractivity contribution in [2.75, 3.05) is 45.1 Å². The van der Waals surface area contributed by atoms with Crippen molar-refractivity contribution in [1.82, 2.24) is 9.80 Å². The lowest BCUT2D eigenvalue weighted by Gasteiger charge is -2.33. The van der Waals surface area contributed by atoms with Crippen LogP contribution in [0.5, 0.6) is 0 Å². The number of hydrogen-bond acceptors (Lipinski definition) is 3. The fraction of sp³-hybridized carbons (Fsp3) is 0.533. The minimum absolute atomic E-state index is 0.146. The Labute approximate surface area is 115 Å². The van der Waals surface area contributed by atoms with Crippen molar-refractivity contribution in [3.05, 3.63) is 29.3 Å². The molecule has 1 aromatic rings. The zero-order valence-electron chi connectivity index (χ0n) is 12.1. The van der Waals surface area contributed by atoms with Crippen molar-refractivity contribution in [2.24, 2.45) is 0 Å². The Bertz CT molecular complexity index is 451. The first-order valence-electron chi connectivity index (χ1n) is 6.94. The van der Waals surface area contributed by atoms with Crippen molar-refractivity contribution >= 4 is 11.6 Å². The van der Waals surface area contributed by atoms with Gasteiger partial charge in [-0.3, -0.25) is 4.79 Å². The van der Waals surface area contributed by atoms with Gasteiger partial charge in [0.2, 0.25) is 0 Å². The molecule has 0 bridgehead atoms. The van der Waals surface area contributed by atoms with E-state index in [-0.39, 0.29) is 5.91 Å². The summed E-state index contributed by atoms with van der Waals surface area (Å²) < 4.78 is 0. The van der Waals surface area contributed by atoms with E-state index in [1.54, 1.807) is 0 Å². The van der Waals surface area contributed by atoms with Gasteiger partial charge in [0.05, 0.1) is 5.56 Å². The number of anilines is 1. The minimum atomic E-state index is 0.146. The van der Waals surface area contributed by atoms with Crippen LogP contribution < -0.4 is 5.32 Å². The first-order chi connectivity index (χ1) is 9.11. The van der Waals surface area contributed by atoms with Crippen molar-refractivity contribution in [3.8, 4) is 0 Å². The molecule has 19 heavy (non-hydrogen) atoms. The molecule has 1 heterocycles. The van der Waals surface area contributed by atoms with Gasteiger partial charge in [0.15, 0.2) is 0 Å². The van der Waals surface area contributed by atoms with Crippen molar-refractivity contribution in [2.45, 2.75) is 13.8 Å². The maximum absolute atomic E-state index is 12.6. The predicted molar refractivity (Wildman–Crippen MR) is 78.7 cm³/mol. The molecule has 0 radical (unpaired) electrons. The lowest BCUT2D eigenvalue weighted by molar-refractivity contribution is 0.0665. The van der Waals surface area contributed by atoms with Gasteiger partial charge in [-0.05, 0) is 33.0 Å². The summed E-state index contributed by atoms with van der Waals surface area (Å²) in [5.74, 6) is 0.146. The van der Waals surface area contributed by atoms with E-state index < -0.39 is 0 Å². The molecule has 104 valence electrons. The molecule has 4 nitrogen and oxygen atoms in total. The highest BCUT2D eigenvalue weighted by Crippen LogP contribution is 2.20. The molecule has 0 saturated carbocycles. The SMILES string of the molecule is CCNc1ccc(C)cc1C(=O)N1CCN(C)CC1. The Balaban J connectivity index is 2.20. The fourth-order valence-corrected chi connectivity index (χ4v) is 2.36. The average molecular weight is 261 g/mol. The van der Waals surface area contributed by atoms with Crippen LogP contribution >= 0.6 is 0 Å². The highest BCUT2D eigenvalue weighted by atomic mass is 16.2. The summed E-state index contributed by atoms with van der Waals surface area (Å²) in [6.07, 6.45) is 0. The van der Waals surface area contributed by atoms with Gasteiger partial charge < -0.3 is 15.1 Å². The maximum atomic E-state index is 12.6. The minimum Gasteiger partial charge on any atom is -0.385 e. The number of nitrogens with one attached hydrogen (secondary N) is 1. The molecule has 1 saturated heterocycles. The van der Waals surface area contributed by atoms with Gasteiger partial charge in [-0.15, -0.1) is 0 Å². The molecular weight excluding hydrogens is 238 g/mol. The third-order valence-electron chi connectivity index (χ3n) is 3.56. The highest BCUT2D eigenvalue weighted by molar-refractivity contribution is 5.99. The number of piperazine rings is 1. The Morgan fingerprint density at radius 1 is 1.26 bits per heavy atom. The molecule has 1 aliphatic heterocycles. The van der Waals surface area contributed by atoms with Crippen LogP contribution in [-0.2, 0) is 0 Å². The average Bonchev–Trinajstić information content (AvgIpc) is 2.41. The van der Waals surface area contributed by atoms with Gasteiger partial charge in [-0.1, -0.05) is 11.6 Å². The molecule has 1 N–H and O–H groups in total. The number of amides is 1. The van der Waals surface area contributed by atoms with Crippen LogP contribution in [0.25, 0.3) is 0 Å².